The third-order valence-electron chi connectivity index (χ3n) is 5.06. The number of methoxy groups -OCH3 is 1. The molecular weight excluding hydrogens is 523 g/mol. The van der Waals surface area contributed by atoms with Gasteiger partial charge >= 0.3 is 11.9 Å². The maximum Gasteiger partial charge on any atom is 0.350 e. The van der Waals surface area contributed by atoms with Gasteiger partial charge in [-0.15, -0.1) is 22.7 Å². The normalized spacial score (nSPS) is 12.2. The van der Waals surface area contributed by atoms with Crippen molar-refractivity contribution in [2.75, 3.05) is 13.7 Å². The summed E-state index contributed by atoms with van der Waals surface area (Å²) in [7, 11) is 1.49. The van der Waals surface area contributed by atoms with Gasteiger partial charge in [0.05, 0.1) is 28.8 Å². The summed E-state index contributed by atoms with van der Waals surface area (Å²) < 4.78 is 16.4. The highest BCUT2D eigenvalue weighted by atomic mass is 35.5. The third-order valence-corrected chi connectivity index (χ3v) is 8.42. The summed E-state index contributed by atoms with van der Waals surface area (Å²) in [4.78, 5) is 45.7. The summed E-state index contributed by atoms with van der Waals surface area (Å²) in [6, 6.07) is 3.38. The lowest BCUT2D eigenvalue weighted by atomic mass is 10.2. The molecule has 0 spiro atoms. The zero-order chi connectivity index (χ0) is 24.7. The minimum absolute atomic E-state index is 0.138. The van der Waals surface area contributed by atoms with Gasteiger partial charge in [0, 0.05) is 5.39 Å². The summed E-state index contributed by atoms with van der Waals surface area (Å²) in [5, 5.41) is 1.46. The third kappa shape index (κ3) is 4.15. The lowest BCUT2D eigenvalue weighted by Crippen LogP contribution is -2.17. The highest BCUT2D eigenvalue weighted by Crippen LogP contribution is 2.43. The van der Waals surface area contributed by atoms with Crippen molar-refractivity contribution >= 4 is 78.1 Å². The Balaban J connectivity index is 1.65. The Morgan fingerprint density at radius 3 is 2.56 bits per heavy atom. The second-order valence-corrected chi connectivity index (χ2v) is 9.93. The zero-order valence-electron chi connectivity index (χ0n) is 18.4. The van der Waals surface area contributed by atoms with Crippen molar-refractivity contribution in [1.82, 2.24) is 9.97 Å². The summed E-state index contributed by atoms with van der Waals surface area (Å²) >= 11 is 14.9. The standard InChI is InChI=1S/C22H18Cl2N2O6S2/c1-5-31-21(28)15-8(2)12-19(27)25-18(26-20(12)34-15)9(3)32-22(29)17-13(23)10-6-7-11(30-4)14(24)16(10)33-17/h6-7,9H,5H2,1-4H3,(H,25,26,27)/t9-/m1/s1. The zero-order valence-corrected chi connectivity index (χ0v) is 21.6. The molecule has 3 aromatic heterocycles. The Hall–Kier alpha value is -2.66. The van der Waals surface area contributed by atoms with E-state index in [1.165, 1.54) is 7.11 Å². The summed E-state index contributed by atoms with van der Waals surface area (Å²) in [6.45, 7) is 5.15. The van der Waals surface area contributed by atoms with Crippen molar-refractivity contribution < 1.29 is 23.8 Å². The highest BCUT2D eigenvalue weighted by molar-refractivity contribution is 7.22. The number of aromatic amines is 1. The van der Waals surface area contributed by atoms with Gasteiger partial charge in [0.2, 0.25) is 0 Å². The van der Waals surface area contributed by atoms with Crippen LogP contribution in [0, 0.1) is 6.92 Å². The summed E-state index contributed by atoms with van der Waals surface area (Å²) in [6.07, 6.45) is -0.899. The Morgan fingerprint density at radius 2 is 1.88 bits per heavy atom. The molecule has 178 valence electrons. The maximum absolute atomic E-state index is 12.9. The molecule has 0 aliphatic rings. The molecule has 0 saturated carbocycles. The van der Waals surface area contributed by atoms with E-state index in [2.05, 4.69) is 9.97 Å². The van der Waals surface area contributed by atoms with Gasteiger partial charge in [-0.1, -0.05) is 23.2 Å². The predicted octanol–water partition coefficient (Wildman–Crippen LogP) is 5.92. The second kappa shape index (κ2) is 9.53. The first-order valence-corrected chi connectivity index (χ1v) is 12.4. The molecule has 0 radical (unpaired) electrons. The number of thiophene rings is 2. The number of fused-ring (bicyclic) bond motifs is 2. The fourth-order valence-corrected chi connectivity index (χ4v) is 6.24. The highest BCUT2D eigenvalue weighted by Gasteiger charge is 2.26. The molecule has 0 unspecified atom stereocenters. The van der Waals surface area contributed by atoms with E-state index in [4.69, 9.17) is 37.4 Å². The van der Waals surface area contributed by atoms with Crippen LogP contribution in [0.1, 0.15) is 50.7 Å². The first-order chi connectivity index (χ1) is 16.2. The fraction of sp³-hybridized carbons (Fsp3) is 0.273. The SMILES string of the molecule is CCOC(=O)c1sc2nc([C@@H](C)OC(=O)c3sc4c(Cl)c(OC)ccc4c3Cl)[nH]c(=O)c2c1C. The number of aromatic nitrogens is 2. The number of nitrogens with zero attached hydrogens (tertiary/aromatic N) is 1. The number of hydrogen-bond acceptors (Lipinski definition) is 9. The minimum atomic E-state index is -0.899. The molecule has 0 bridgehead atoms. The lowest BCUT2D eigenvalue weighted by Gasteiger charge is -2.12. The van der Waals surface area contributed by atoms with Crippen LogP contribution in [0.4, 0.5) is 0 Å². The number of halogens is 2. The Bertz CT molecular complexity index is 1510. The van der Waals surface area contributed by atoms with Gasteiger partial charge < -0.3 is 19.2 Å². The van der Waals surface area contributed by atoms with E-state index >= 15 is 0 Å². The van der Waals surface area contributed by atoms with Gasteiger partial charge in [-0.25, -0.2) is 14.6 Å². The predicted molar refractivity (Wildman–Crippen MR) is 133 cm³/mol. The van der Waals surface area contributed by atoms with Gasteiger partial charge in [-0.3, -0.25) is 4.79 Å². The Labute approximate surface area is 211 Å². The van der Waals surface area contributed by atoms with E-state index in [0.29, 0.717) is 41.5 Å². The topological polar surface area (TPSA) is 108 Å². The second-order valence-electron chi connectivity index (χ2n) is 7.16. The van der Waals surface area contributed by atoms with Gasteiger partial charge in [-0.05, 0) is 38.5 Å². The number of ether oxygens (including phenoxy) is 3. The molecule has 0 saturated heterocycles. The van der Waals surface area contributed by atoms with Crippen LogP contribution in [-0.2, 0) is 9.47 Å². The van der Waals surface area contributed by atoms with E-state index in [9.17, 15) is 14.4 Å². The Kier molecular flexibility index (Phi) is 6.86. The largest absolute Gasteiger partial charge is 0.495 e. The number of rotatable bonds is 6. The molecule has 1 N–H and O–H groups in total. The molecule has 4 rings (SSSR count). The number of carbonyl (C=O) groups excluding carboxylic acids is 2. The average Bonchev–Trinajstić information content (AvgIpc) is 3.32. The number of hydrogen-bond donors (Lipinski definition) is 1. The number of nitrogens with one attached hydrogen (secondary N) is 1. The van der Waals surface area contributed by atoms with Crippen LogP contribution in [0.25, 0.3) is 20.3 Å². The van der Waals surface area contributed by atoms with E-state index in [1.807, 2.05) is 0 Å². The minimum Gasteiger partial charge on any atom is -0.495 e. The molecule has 1 aromatic carbocycles. The van der Waals surface area contributed by atoms with Crippen molar-refractivity contribution in [3.05, 3.63) is 53.7 Å². The van der Waals surface area contributed by atoms with Crippen molar-refractivity contribution in [1.29, 1.82) is 0 Å². The lowest BCUT2D eigenvalue weighted by molar-refractivity contribution is 0.0326. The van der Waals surface area contributed by atoms with Gasteiger partial charge in [-0.2, -0.15) is 0 Å². The number of carbonyl (C=O) groups is 2. The van der Waals surface area contributed by atoms with Crippen LogP contribution in [0.15, 0.2) is 16.9 Å². The van der Waals surface area contributed by atoms with Crippen molar-refractivity contribution in [3.8, 4) is 5.75 Å². The average molecular weight is 541 g/mol. The molecule has 8 nitrogen and oxygen atoms in total. The summed E-state index contributed by atoms with van der Waals surface area (Å²) in [5.74, 6) is -0.604. The molecule has 3 heterocycles. The molecule has 0 fully saturated rings. The smallest absolute Gasteiger partial charge is 0.350 e. The van der Waals surface area contributed by atoms with Crippen molar-refractivity contribution in [2.45, 2.75) is 26.9 Å². The van der Waals surface area contributed by atoms with Gasteiger partial charge in [0.25, 0.3) is 5.56 Å². The van der Waals surface area contributed by atoms with E-state index in [0.717, 1.165) is 22.7 Å². The maximum atomic E-state index is 12.9. The van der Waals surface area contributed by atoms with E-state index in [1.54, 1.807) is 32.9 Å². The van der Waals surface area contributed by atoms with Crippen LogP contribution in [0.2, 0.25) is 10.0 Å². The first kappa shape index (κ1) is 24.5. The van der Waals surface area contributed by atoms with Gasteiger partial charge in [0.1, 0.15) is 25.4 Å². The monoisotopic (exact) mass is 540 g/mol. The molecular formula is C22H18Cl2N2O6S2. The van der Waals surface area contributed by atoms with Crippen LogP contribution < -0.4 is 10.3 Å². The summed E-state index contributed by atoms with van der Waals surface area (Å²) in [5.41, 5.74) is 0.0544. The first-order valence-electron chi connectivity index (χ1n) is 10.0. The van der Waals surface area contributed by atoms with Crippen LogP contribution in [-0.4, -0.2) is 35.6 Å². The van der Waals surface area contributed by atoms with E-state index < -0.39 is 23.6 Å². The van der Waals surface area contributed by atoms with Gasteiger partial charge in [0.15, 0.2) is 11.9 Å². The molecule has 34 heavy (non-hydrogen) atoms. The number of aryl methyl sites for hydroxylation is 1. The molecule has 0 amide bonds. The Morgan fingerprint density at radius 1 is 1.15 bits per heavy atom. The van der Waals surface area contributed by atoms with Crippen LogP contribution >= 0.6 is 45.9 Å². The molecule has 1 atom stereocenters. The number of benzene rings is 1. The number of H-pyrrole nitrogens is 1. The van der Waals surface area contributed by atoms with Crippen molar-refractivity contribution in [2.24, 2.45) is 0 Å². The molecule has 4 aromatic rings. The fourth-order valence-electron chi connectivity index (χ4n) is 3.38. The van der Waals surface area contributed by atoms with Crippen LogP contribution in [0.3, 0.4) is 0 Å². The van der Waals surface area contributed by atoms with E-state index in [-0.39, 0.29) is 22.3 Å². The molecule has 0 aliphatic carbocycles. The van der Waals surface area contributed by atoms with Crippen molar-refractivity contribution in [3.63, 3.8) is 0 Å². The van der Waals surface area contributed by atoms with Crippen LogP contribution in [0.5, 0.6) is 5.75 Å². The quantitative estimate of drug-likeness (QED) is 0.302. The molecule has 0 aliphatic heterocycles. The molecule has 12 heteroatoms. The number of esters is 2.